The Morgan fingerprint density at radius 2 is 1.81 bits per heavy atom. The van der Waals surface area contributed by atoms with Crippen LogP contribution < -0.4 is 5.32 Å². The molecule has 6 heteroatoms. The fourth-order valence-electron chi connectivity index (χ4n) is 2.86. The smallest absolute Gasteiger partial charge is 0.262 e. The first-order valence-electron chi connectivity index (χ1n) is 8.24. The molecule has 0 bridgehead atoms. The highest BCUT2D eigenvalue weighted by molar-refractivity contribution is 6.06. The highest BCUT2D eigenvalue weighted by Gasteiger charge is 2.13. The van der Waals surface area contributed by atoms with Gasteiger partial charge in [-0.15, -0.1) is 0 Å². The summed E-state index contributed by atoms with van der Waals surface area (Å²) in [6.07, 6.45) is 4.72. The predicted molar refractivity (Wildman–Crippen MR) is 100 cm³/mol. The number of nitrogens with one attached hydrogen (secondary N) is 1. The number of rotatable bonds is 3. The summed E-state index contributed by atoms with van der Waals surface area (Å²) in [5.74, 6) is -1.05. The Kier molecular flexibility index (Phi) is 4.22. The molecule has 0 spiro atoms. The molecule has 4 rings (SSSR count). The van der Waals surface area contributed by atoms with E-state index in [-0.39, 0.29) is 17.4 Å². The SMILES string of the molecule is O=C(Nc1ccc2c(ccn2C(=O)c2cccc(F)c2)c1)c1cccnc1. The lowest BCUT2D eigenvalue weighted by molar-refractivity contribution is 0.0963. The van der Waals surface area contributed by atoms with E-state index >= 15 is 0 Å². The quantitative estimate of drug-likeness (QED) is 0.599. The number of amides is 1. The molecule has 1 N–H and O–H groups in total. The zero-order chi connectivity index (χ0) is 18.8. The summed E-state index contributed by atoms with van der Waals surface area (Å²) in [5.41, 5.74) is 1.99. The van der Waals surface area contributed by atoms with Crippen LogP contribution >= 0.6 is 0 Å². The van der Waals surface area contributed by atoms with Crippen molar-refractivity contribution in [3.8, 4) is 0 Å². The molecule has 0 saturated heterocycles. The molecule has 0 saturated carbocycles. The largest absolute Gasteiger partial charge is 0.322 e. The normalized spacial score (nSPS) is 10.7. The summed E-state index contributed by atoms with van der Waals surface area (Å²) in [6.45, 7) is 0. The molecule has 4 aromatic rings. The van der Waals surface area contributed by atoms with Gasteiger partial charge < -0.3 is 5.32 Å². The van der Waals surface area contributed by atoms with Crippen molar-refractivity contribution in [2.24, 2.45) is 0 Å². The van der Waals surface area contributed by atoms with E-state index in [0.717, 1.165) is 5.39 Å². The van der Waals surface area contributed by atoms with Gasteiger partial charge in [-0.05, 0) is 54.6 Å². The second kappa shape index (κ2) is 6.84. The van der Waals surface area contributed by atoms with Gasteiger partial charge in [0.05, 0.1) is 11.1 Å². The maximum Gasteiger partial charge on any atom is 0.262 e. The standard InChI is InChI=1S/C21H14FN3O2/c22-17-5-1-3-15(11-17)21(27)25-10-8-14-12-18(6-7-19(14)25)24-20(26)16-4-2-9-23-13-16/h1-13H,(H,24,26). The molecule has 5 nitrogen and oxygen atoms in total. The van der Waals surface area contributed by atoms with E-state index in [1.165, 1.54) is 29.0 Å². The summed E-state index contributed by atoms with van der Waals surface area (Å²) in [4.78, 5) is 28.8. The van der Waals surface area contributed by atoms with Gasteiger partial charge in [-0.3, -0.25) is 19.1 Å². The van der Waals surface area contributed by atoms with E-state index in [0.29, 0.717) is 16.8 Å². The van der Waals surface area contributed by atoms with Crippen LogP contribution in [-0.2, 0) is 0 Å². The van der Waals surface area contributed by atoms with Crippen LogP contribution in [0.5, 0.6) is 0 Å². The monoisotopic (exact) mass is 359 g/mol. The molecular weight excluding hydrogens is 345 g/mol. The third-order valence-corrected chi connectivity index (χ3v) is 4.16. The summed E-state index contributed by atoms with van der Waals surface area (Å²) in [5, 5.41) is 3.59. The van der Waals surface area contributed by atoms with E-state index in [1.807, 2.05) is 0 Å². The third-order valence-electron chi connectivity index (χ3n) is 4.16. The van der Waals surface area contributed by atoms with E-state index in [1.54, 1.807) is 54.9 Å². The maximum atomic E-state index is 13.4. The molecule has 2 aromatic heterocycles. The second-order valence-electron chi connectivity index (χ2n) is 5.97. The van der Waals surface area contributed by atoms with Gasteiger partial charge in [0.1, 0.15) is 5.82 Å². The molecule has 0 aliphatic rings. The molecule has 0 atom stereocenters. The first-order valence-corrected chi connectivity index (χ1v) is 8.24. The van der Waals surface area contributed by atoms with Gasteiger partial charge in [-0.1, -0.05) is 6.07 Å². The Balaban J connectivity index is 1.62. The zero-order valence-electron chi connectivity index (χ0n) is 14.1. The zero-order valence-corrected chi connectivity index (χ0v) is 14.1. The van der Waals surface area contributed by atoms with Gasteiger partial charge in [0.25, 0.3) is 11.8 Å². The number of aromatic nitrogens is 2. The van der Waals surface area contributed by atoms with E-state index in [2.05, 4.69) is 10.3 Å². The van der Waals surface area contributed by atoms with Crippen molar-refractivity contribution in [2.45, 2.75) is 0 Å². The fourth-order valence-corrected chi connectivity index (χ4v) is 2.86. The first-order chi connectivity index (χ1) is 13.1. The van der Waals surface area contributed by atoms with Crippen molar-refractivity contribution in [2.75, 3.05) is 5.32 Å². The average Bonchev–Trinajstić information content (AvgIpc) is 3.11. The van der Waals surface area contributed by atoms with Gasteiger partial charge >= 0.3 is 0 Å². The van der Waals surface area contributed by atoms with Crippen LogP contribution in [0.15, 0.2) is 79.3 Å². The summed E-state index contributed by atoms with van der Waals surface area (Å²) < 4.78 is 14.8. The van der Waals surface area contributed by atoms with Crippen LogP contribution in [-0.4, -0.2) is 21.4 Å². The van der Waals surface area contributed by atoms with Gasteiger partial charge in [0, 0.05) is 35.2 Å². The van der Waals surface area contributed by atoms with Crippen LogP contribution in [0.3, 0.4) is 0 Å². The third kappa shape index (κ3) is 3.32. The van der Waals surface area contributed by atoms with Crippen LogP contribution in [0.4, 0.5) is 10.1 Å². The molecule has 0 aliphatic heterocycles. The molecule has 1 amide bonds. The van der Waals surface area contributed by atoms with Crippen LogP contribution in [0.25, 0.3) is 10.9 Å². The second-order valence-corrected chi connectivity index (χ2v) is 5.97. The molecule has 27 heavy (non-hydrogen) atoms. The van der Waals surface area contributed by atoms with Crippen LogP contribution in [0.1, 0.15) is 20.7 Å². The molecular formula is C21H14FN3O2. The minimum absolute atomic E-state index is 0.265. The first kappa shape index (κ1) is 16.7. The molecule has 0 radical (unpaired) electrons. The number of pyridine rings is 1. The topological polar surface area (TPSA) is 64.0 Å². The summed E-state index contributed by atoms with van der Waals surface area (Å²) >= 11 is 0. The van der Waals surface area contributed by atoms with E-state index in [9.17, 15) is 14.0 Å². The highest BCUT2D eigenvalue weighted by atomic mass is 19.1. The minimum atomic E-state index is -0.460. The number of nitrogens with zero attached hydrogens (tertiary/aromatic N) is 2. The molecule has 2 aromatic carbocycles. The number of anilines is 1. The fraction of sp³-hybridized carbons (Fsp3) is 0. The van der Waals surface area contributed by atoms with E-state index < -0.39 is 5.82 Å². The van der Waals surface area contributed by atoms with Crippen molar-refractivity contribution in [1.29, 1.82) is 0 Å². The summed E-state index contributed by atoms with van der Waals surface area (Å²) in [6, 6.07) is 15.9. The number of hydrogen-bond donors (Lipinski definition) is 1. The van der Waals surface area contributed by atoms with Gasteiger partial charge in [-0.2, -0.15) is 0 Å². The lowest BCUT2D eigenvalue weighted by Crippen LogP contribution is -2.12. The van der Waals surface area contributed by atoms with Crippen molar-refractivity contribution in [3.63, 3.8) is 0 Å². The number of halogens is 1. The number of carbonyl (C=O) groups excluding carboxylic acids is 2. The van der Waals surface area contributed by atoms with Gasteiger partial charge in [-0.25, -0.2) is 4.39 Å². The predicted octanol–water partition coefficient (Wildman–Crippen LogP) is 4.12. The lowest BCUT2D eigenvalue weighted by atomic mass is 10.2. The maximum absolute atomic E-state index is 13.4. The average molecular weight is 359 g/mol. The van der Waals surface area contributed by atoms with Crippen molar-refractivity contribution >= 4 is 28.4 Å². The van der Waals surface area contributed by atoms with Crippen molar-refractivity contribution in [3.05, 3.63) is 96.2 Å². The number of hydrogen-bond acceptors (Lipinski definition) is 3. The number of carbonyl (C=O) groups is 2. The Morgan fingerprint density at radius 3 is 2.59 bits per heavy atom. The Bertz CT molecular complexity index is 1150. The molecule has 0 fully saturated rings. The molecule has 2 heterocycles. The number of benzene rings is 2. The number of fused-ring (bicyclic) bond motifs is 1. The van der Waals surface area contributed by atoms with Gasteiger partial charge in [0.15, 0.2) is 0 Å². The Morgan fingerprint density at radius 1 is 0.963 bits per heavy atom. The molecule has 0 aliphatic carbocycles. The van der Waals surface area contributed by atoms with E-state index in [4.69, 9.17) is 0 Å². The van der Waals surface area contributed by atoms with Crippen molar-refractivity contribution < 1.29 is 14.0 Å². The Labute approximate surface area is 154 Å². The molecule has 0 unspecified atom stereocenters. The highest BCUT2D eigenvalue weighted by Crippen LogP contribution is 2.22. The van der Waals surface area contributed by atoms with Gasteiger partial charge in [0.2, 0.25) is 0 Å². The minimum Gasteiger partial charge on any atom is -0.322 e. The Hall–Kier alpha value is -3.80. The molecule has 132 valence electrons. The summed E-state index contributed by atoms with van der Waals surface area (Å²) in [7, 11) is 0. The van der Waals surface area contributed by atoms with Crippen molar-refractivity contribution in [1.82, 2.24) is 9.55 Å². The van der Waals surface area contributed by atoms with Crippen LogP contribution in [0.2, 0.25) is 0 Å². The van der Waals surface area contributed by atoms with Crippen LogP contribution in [0, 0.1) is 5.82 Å². The lowest BCUT2D eigenvalue weighted by Gasteiger charge is -2.07.